The van der Waals surface area contributed by atoms with Gasteiger partial charge >= 0.3 is 5.96 Å². The summed E-state index contributed by atoms with van der Waals surface area (Å²) in [5, 5.41) is 15.9. The lowest BCUT2D eigenvalue weighted by Gasteiger charge is -1.99. The molecule has 0 aliphatic carbocycles. The highest BCUT2D eigenvalue weighted by Crippen LogP contribution is 2.26. The van der Waals surface area contributed by atoms with Gasteiger partial charge in [-0.25, -0.2) is 0 Å². The molecular weight excluding hydrogens is 252 g/mol. The number of guanidine groups is 1. The number of carboxylic acids is 1. The minimum absolute atomic E-state index is 0.0121. The molecule has 2 rings (SSSR count). The molecule has 18 heavy (non-hydrogen) atoms. The van der Waals surface area contributed by atoms with E-state index < -0.39 is 5.97 Å². The molecule has 1 aromatic carbocycles. The summed E-state index contributed by atoms with van der Waals surface area (Å²) in [6, 6.07) is 7.78. The van der Waals surface area contributed by atoms with Crippen molar-refractivity contribution in [1.29, 1.82) is 0 Å². The Morgan fingerprint density at radius 2 is 2.00 bits per heavy atom. The van der Waals surface area contributed by atoms with Crippen LogP contribution in [0.4, 0.5) is 0 Å². The number of para-hydroxylation sites is 1. The summed E-state index contributed by atoms with van der Waals surface area (Å²) in [4.78, 5) is 14.3. The standard InChI is InChI=1S/C10H9NO2S.CH5N3/c12-10(13)6-14-9-5-11-8-4-2-1-3-7(8)9;2-1(3)4/h1-5,11H,6H2,(H,12,13);(H5,2,3,4). The maximum atomic E-state index is 10.3. The second-order valence-electron chi connectivity index (χ2n) is 3.36. The normalized spacial score (nSPS) is 9.56. The van der Waals surface area contributed by atoms with Crippen LogP contribution in [0.1, 0.15) is 0 Å². The number of nitrogens with one attached hydrogen (secondary N) is 1. The van der Waals surface area contributed by atoms with E-state index in [1.807, 2.05) is 30.5 Å². The van der Waals surface area contributed by atoms with Crippen LogP contribution in [-0.2, 0) is 4.79 Å². The number of rotatable bonds is 3. The van der Waals surface area contributed by atoms with Crippen LogP contribution in [0.15, 0.2) is 35.4 Å². The van der Waals surface area contributed by atoms with E-state index in [-0.39, 0.29) is 11.7 Å². The van der Waals surface area contributed by atoms with E-state index in [0.29, 0.717) is 0 Å². The summed E-state index contributed by atoms with van der Waals surface area (Å²) < 4.78 is 0. The summed E-state index contributed by atoms with van der Waals surface area (Å²) in [6.45, 7) is 0. The van der Waals surface area contributed by atoms with Crippen LogP contribution in [0.5, 0.6) is 0 Å². The highest BCUT2D eigenvalue weighted by Gasteiger charge is 2.02. The zero-order chi connectivity index (χ0) is 13.5. The van der Waals surface area contributed by atoms with Gasteiger partial charge in [-0.2, -0.15) is 0 Å². The minimum atomic E-state index is -1.04. The third-order valence-electron chi connectivity index (χ3n) is 1.90. The minimum Gasteiger partial charge on any atom is -0.549 e. The van der Waals surface area contributed by atoms with Crippen molar-refractivity contribution in [2.24, 2.45) is 11.5 Å². The van der Waals surface area contributed by atoms with E-state index in [1.165, 1.54) is 11.8 Å². The monoisotopic (exact) mass is 266 g/mol. The van der Waals surface area contributed by atoms with Gasteiger partial charge in [0, 0.05) is 27.7 Å². The number of aromatic amines is 1. The molecule has 0 aliphatic rings. The number of benzene rings is 1. The van der Waals surface area contributed by atoms with Crippen molar-refractivity contribution in [1.82, 2.24) is 4.98 Å². The van der Waals surface area contributed by atoms with Gasteiger partial charge in [-0.1, -0.05) is 18.2 Å². The Morgan fingerprint density at radius 1 is 1.39 bits per heavy atom. The van der Waals surface area contributed by atoms with Gasteiger partial charge in [0.05, 0.1) is 5.97 Å². The van der Waals surface area contributed by atoms with E-state index in [0.717, 1.165) is 15.8 Å². The topological polar surface area (TPSA) is 134 Å². The number of nitrogens with two attached hydrogens (primary N) is 3. The Balaban J connectivity index is 0.000000357. The molecule has 0 amide bonds. The number of carbonyl (C=O) groups excluding carboxylic acids is 1. The van der Waals surface area contributed by atoms with Crippen molar-refractivity contribution in [3.05, 3.63) is 30.5 Å². The van der Waals surface area contributed by atoms with Crippen LogP contribution in [0, 0.1) is 0 Å². The largest absolute Gasteiger partial charge is 0.549 e. The predicted molar refractivity (Wildman–Crippen MR) is 69.3 cm³/mol. The zero-order valence-corrected chi connectivity index (χ0v) is 10.4. The first-order valence-electron chi connectivity index (χ1n) is 5.03. The first kappa shape index (κ1) is 13.9. The summed E-state index contributed by atoms with van der Waals surface area (Å²) >= 11 is 1.27. The quantitative estimate of drug-likeness (QED) is 0.290. The molecule has 7 heteroatoms. The molecule has 0 unspecified atom stereocenters. The lowest BCUT2D eigenvalue weighted by molar-refractivity contribution is -0.301. The van der Waals surface area contributed by atoms with Crippen molar-refractivity contribution >= 4 is 34.6 Å². The predicted octanol–water partition coefficient (Wildman–Crippen LogP) is -1.97. The van der Waals surface area contributed by atoms with Crippen LogP contribution in [0.3, 0.4) is 0 Å². The lowest BCUT2D eigenvalue weighted by Crippen LogP contribution is -2.51. The van der Waals surface area contributed by atoms with E-state index in [4.69, 9.17) is 0 Å². The van der Waals surface area contributed by atoms with Crippen LogP contribution < -0.4 is 22.0 Å². The number of hydrogen-bond acceptors (Lipinski definition) is 3. The third kappa shape index (κ3) is 4.38. The summed E-state index contributed by atoms with van der Waals surface area (Å²) in [5.41, 5.74) is 10.2. The number of aliphatic carboxylic acids is 1. The van der Waals surface area contributed by atoms with E-state index >= 15 is 0 Å². The maximum Gasteiger partial charge on any atom is 0.336 e. The molecule has 0 fully saturated rings. The molecule has 1 aromatic heterocycles. The van der Waals surface area contributed by atoms with E-state index in [9.17, 15) is 9.90 Å². The molecule has 7 N–H and O–H groups in total. The second kappa shape index (κ2) is 6.55. The molecule has 0 aliphatic heterocycles. The third-order valence-corrected chi connectivity index (χ3v) is 2.93. The average Bonchev–Trinajstić information content (AvgIpc) is 2.69. The number of hydrogen-bond donors (Lipinski definition) is 4. The van der Waals surface area contributed by atoms with Gasteiger partial charge in [0.1, 0.15) is 0 Å². The summed E-state index contributed by atoms with van der Waals surface area (Å²) in [6.07, 6.45) is 1.82. The van der Waals surface area contributed by atoms with Gasteiger partial charge in [-0.15, -0.1) is 11.8 Å². The summed E-state index contributed by atoms with van der Waals surface area (Å²) in [5.74, 6) is -1.14. The molecule has 6 nitrogen and oxygen atoms in total. The molecular formula is C11H14N4O2S. The zero-order valence-electron chi connectivity index (χ0n) is 9.55. The molecule has 2 aromatic rings. The van der Waals surface area contributed by atoms with E-state index in [2.05, 4.69) is 21.9 Å². The van der Waals surface area contributed by atoms with Crippen LogP contribution in [0.25, 0.3) is 10.9 Å². The Kier molecular flexibility index (Phi) is 5.06. The van der Waals surface area contributed by atoms with E-state index in [1.54, 1.807) is 0 Å². The van der Waals surface area contributed by atoms with Gasteiger partial charge in [0.15, 0.2) is 0 Å². The number of H-pyrrole nitrogens is 1. The van der Waals surface area contributed by atoms with Crippen molar-refractivity contribution in [2.75, 3.05) is 5.75 Å². The SMILES string of the molecule is NC(N)=[NH2+].O=C([O-])CSc1c[nH]c2ccccc12. The van der Waals surface area contributed by atoms with Crippen LogP contribution in [0.2, 0.25) is 0 Å². The Labute approximate surface area is 108 Å². The molecule has 96 valence electrons. The average molecular weight is 266 g/mol. The van der Waals surface area contributed by atoms with Gasteiger partial charge < -0.3 is 14.9 Å². The van der Waals surface area contributed by atoms with Gasteiger partial charge in [0.2, 0.25) is 0 Å². The highest BCUT2D eigenvalue weighted by atomic mass is 32.2. The van der Waals surface area contributed by atoms with Gasteiger partial charge in [-0.3, -0.25) is 16.9 Å². The number of aromatic nitrogens is 1. The Bertz CT molecular complexity index is 549. The number of thioether (sulfide) groups is 1. The lowest BCUT2D eigenvalue weighted by atomic mass is 10.2. The fourth-order valence-corrected chi connectivity index (χ4v) is 2.05. The number of fused-ring (bicyclic) bond motifs is 1. The van der Waals surface area contributed by atoms with Crippen LogP contribution >= 0.6 is 11.8 Å². The Hall–Kier alpha value is -2.15. The fourth-order valence-electron chi connectivity index (χ4n) is 1.30. The molecule has 0 saturated heterocycles. The first-order chi connectivity index (χ1) is 8.50. The summed E-state index contributed by atoms with van der Waals surface area (Å²) in [7, 11) is 0. The molecule has 0 saturated carbocycles. The van der Waals surface area contributed by atoms with Gasteiger partial charge in [0.25, 0.3) is 0 Å². The maximum absolute atomic E-state index is 10.3. The van der Waals surface area contributed by atoms with Crippen molar-refractivity contribution in [2.45, 2.75) is 4.90 Å². The molecule has 0 spiro atoms. The molecule has 0 atom stereocenters. The first-order valence-corrected chi connectivity index (χ1v) is 6.01. The van der Waals surface area contributed by atoms with Crippen molar-refractivity contribution < 1.29 is 15.3 Å². The van der Waals surface area contributed by atoms with Gasteiger partial charge in [-0.05, 0) is 6.07 Å². The smallest absolute Gasteiger partial charge is 0.336 e. The highest BCUT2D eigenvalue weighted by molar-refractivity contribution is 8.00. The fraction of sp³-hybridized carbons (Fsp3) is 0.0909. The van der Waals surface area contributed by atoms with Crippen molar-refractivity contribution in [3.63, 3.8) is 0 Å². The molecule has 1 heterocycles. The number of carbonyl (C=O) groups is 1. The van der Waals surface area contributed by atoms with Crippen molar-refractivity contribution in [3.8, 4) is 0 Å². The molecule has 0 radical (unpaired) electrons. The molecule has 0 bridgehead atoms. The van der Waals surface area contributed by atoms with Crippen LogP contribution in [-0.4, -0.2) is 22.7 Å². The number of carboxylic acid groups (broad SMARTS) is 1. The second-order valence-corrected chi connectivity index (χ2v) is 4.38. The Morgan fingerprint density at radius 3 is 2.61 bits per heavy atom.